The molecule has 4 amide bonds. The van der Waals surface area contributed by atoms with Crippen molar-refractivity contribution in [1.29, 1.82) is 0 Å². The highest BCUT2D eigenvalue weighted by Crippen LogP contribution is 2.39. The molecule has 1 heterocycles. The van der Waals surface area contributed by atoms with Crippen LogP contribution in [-0.4, -0.2) is 52.3 Å². The molecule has 3 aromatic rings. The molecule has 0 unspecified atom stereocenters. The molecule has 40 heavy (non-hydrogen) atoms. The zero-order valence-electron chi connectivity index (χ0n) is 21.8. The molecule has 0 saturated carbocycles. The van der Waals surface area contributed by atoms with E-state index in [1.165, 1.54) is 64.8 Å². The molecule has 0 bridgehead atoms. The van der Waals surface area contributed by atoms with E-state index in [1.807, 2.05) is 0 Å². The van der Waals surface area contributed by atoms with Crippen molar-refractivity contribution in [3.8, 4) is 28.7 Å². The van der Waals surface area contributed by atoms with Crippen molar-refractivity contribution >= 4 is 51.5 Å². The molecule has 1 saturated heterocycles. The number of urea groups is 1. The molecule has 0 aliphatic carbocycles. The Bertz CT molecular complexity index is 1530. The first-order chi connectivity index (χ1) is 19.2. The molecule has 1 N–H and O–H groups in total. The summed E-state index contributed by atoms with van der Waals surface area (Å²) in [4.78, 5) is 52.6. The van der Waals surface area contributed by atoms with E-state index < -0.39 is 23.8 Å². The Kier molecular flexibility index (Phi) is 8.39. The summed E-state index contributed by atoms with van der Waals surface area (Å²) in [6.07, 6.45) is 1.24. The maximum atomic E-state index is 13.4. The van der Waals surface area contributed by atoms with Gasteiger partial charge in [-0.15, -0.1) is 0 Å². The van der Waals surface area contributed by atoms with E-state index in [0.29, 0.717) is 16.0 Å². The van der Waals surface area contributed by atoms with Gasteiger partial charge in [-0.1, -0.05) is 22.0 Å². The number of hydrogen-bond acceptors (Lipinski definition) is 9. The van der Waals surface area contributed by atoms with Crippen LogP contribution in [-0.2, 0) is 9.59 Å². The van der Waals surface area contributed by atoms with Gasteiger partial charge < -0.3 is 23.7 Å². The van der Waals surface area contributed by atoms with Crippen LogP contribution in [0.25, 0.3) is 6.08 Å². The number of rotatable bonds is 8. The molecule has 1 fully saturated rings. The van der Waals surface area contributed by atoms with E-state index in [1.54, 1.807) is 24.3 Å². The molecule has 0 spiro atoms. The third-order valence-corrected chi connectivity index (χ3v) is 6.28. The van der Waals surface area contributed by atoms with Crippen molar-refractivity contribution in [3.63, 3.8) is 0 Å². The Morgan fingerprint density at radius 1 is 0.850 bits per heavy atom. The van der Waals surface area contributed by atoms with E-state index >= 15 is 0 Å². The minimum absolute atomic E-state index is 0.0416. The summed E-state index contributed by atoms with van der Waals surface area (Å²) in [5, 5.41) is 2.16. The summed E-state index contributed by atoms with van der Waals surface area (Å²) >= 11 is 3.35. The Morgan fingerprint density at radius 3 is 2.17 bits per heavy atom. The monoisotopic (exact) mass is 610 g/mol. The van der Waals surface area contributed by atoms with Gasteiger partial charge in [-0.3, -0.25) is 14.9 Å². The van der Waals surface area contributed by atoms with Crippen LogP contribution in [0.5, 0.6) is 28.7 Å². The minimum Gasteiger partial charge on any atom is -0.497 e. The molecule has 4 rings (SSSR count). The van der Waals surface area contributed by atoms with Crippen LogP contribution in [0.2, 0.25) is 0 Å². The second-order valence-electron chi connectivity index (χ2n) is 8.15. The standard InChI is InChI=1S/C28H23BrN2O9/c1-36-19-7-5-6-18(14-19)31-26(33)20(25(32)30-28(31)35)11-15-10-17(29)8-9-21(15)40-27(34)16-12-22(37-2)24(39-4)23(13-16)38-3/h5-14H,1-4H3,(H,30,32,35)/b20-11-. The lowest BCUT2D eigenvalue weighted by molar-refractivity contribution is -0.122. The van der Waals surface area contributed by atoms with Crippen molar-refractivity contribution in [3.05, 3.63) is 75.8 Å². The van der Waals surface area contributed by atoms with Crippen molar-refractivity contribution in [1.82, 2.24) is 5.32 Å². The molecule has 0 radical (unpaired) electrons. The zero-order valence-corrected chi connectivity index (χ0v) is 23.4. The predicted molar refractivity (Wildman–Crippen MR) is 147 cm³/mol. The molecule has 12 heteroatoms. The van der Waals surface area contributed by atoms with Gasteiger partial charge in [0.2, 0.25) is 5.75 Å². The average Bonchev–Trinajstić information content (AvgIpc) is 2.95. The summed E-state index contributed by atoms with van der Waals surface area (Å²) in [6, 6.07) is 12.9. The second-order valence-corrected chi connectivity index (χ2v) is 9.06. The largest absolute Gasteiger partial charge is 0.497 e. The normalized spacial score (nSPS) is 14.1. The van der Waals surface area contributed by atoms with E-state index in [2.05, 4.69) is 21.2 Å². The Labute approximate surface area is 237 Å². The van der Waals surface area contributed by atoms with Crippen LogP contribution in [0, 0.1) is 0 Å². The number of imide groups is 2. The Morgan fingerprint density at radius 2 is 1.55 bits per heavy atom. The number of esters is 1. The number of methoxy groups -OCH3 is 4. The van der Waals surface area contributed by atoms with Gasteiger partial charge in [-0.25, -0.2) is 14.5 Å². The van der Waals surface area contributed by atoms with Gasteiger partial charge >= 0.3 is 12.0 Å². The highest BCUT2D eigenvalue weighted by Gasteiger charge is 2.37. The lowest BCUT2D eigenvalue weighted by atomic mass is 10.1. The van der Waals surface area contributed by atoms with Crippen molar-refractivity contribution < 1.29 is 42.9 Å². The maximum absolute atomic E-state index is 13.4. The summed E-state index contributed by atoms with van der Waals surface area (Å²) in [6.45, 7) is 0. The van der Waals surface area contributed by atoms with Gasteiger partial charge in [0.25, 0.3) is 11.8 Å². The third kappa shape index (κ3) is 5.61. The fourth-order valence-electron chi connectivity index (χ4n) is 3.88. The summed E-state index contributed by atoms with van der Waals surface area (Å²) in [5.74, 6) is -1.30. The van der Waals surface area contributed by atoms with Gasteiger partial charge in [0, 0.05) is 16.1 Å². The molecule has 11 nitrogen and oxygen atoms in total. The molecule has 3 aromatic carbocycles. The lowest BCUT2D eigenvalue weighted by Gasteiger charge is -2.26. The lowest BCUT2D eigenvalue weighted by Crippen LogP contribution is -2.54. The van der Waals surface area contributed by atoms with E-state index in [9.17, 15) is 19.2 Å². The number of benzene rings is 3. The van der Waals surface area contributed by atoms with Crippen LogP contribution in [0.1, 0.15) is 15.9 Å². The number of anilines is 1. The average molecular weight is 611 g/mol. The topological polar surface area (TPSA) is 130 Å². The quantitative estimate of drug-likeness (QED) is 0.171. The van der Waals surface area contributed by atoms with Crippen molar-refractivity contribution in [2.45, 2.75) is 0 Å². The highest BCUT2D eigenvalue weighted by atomic mass is 79.9. The van der Waals surface area contributed by atoms with Crippen LogP contribution in [0.4, 0.5) is 10.5 Å². The van der Waals surface area contributed by atoms with Crippen LogP contribution in [0.15, 0.2) is 64.6 Å². The van der Waals surface area contributed by atoms with Gasteiger partial charge in [0.1, 0.15) is 17.1 Å². The number of nitrogens with one attached hydrogen (secondary N) is 1. The number of amides is 4. The number of nitrogens with zero attached hydrogens (tertiary/aromatic N) is 1. The minimum atomic E-state index is -0.913. The summed E-state index contributed by atoms with van der Waals surface area (Å²) < 4.78 is 27.3. The number of halogens is 1. The molecule has 0 atom stereocenters. The van der Waals surface area contributed by atoms with Crippen LogP contribution < -0.4 is 33.9 Å². The summed E-state index contributed by atoms with van der Waals surface area (Å²) in [7, 11) is 5.71. The highest BCUT2D eigenvalue weighted by molar-refractivity contribution is 9.10. The van der Waals surface area contributed by atoms with Gasteiger partial charge in [-0.05, 0) is 48.5 Å². The smallest absolute Gasteiger partial charge is 0.343 e. The molecule has 0 aromatic heterocycles. The van der Waals surface area contributed by atoms with Crippen molar-refractivity contribution in [2.75, 3.05) is 33.3 Å². The molecule has 1 aliphatic rings. The van der Waals surface area contributed by atoms with Crippen LogP contribution >= 0.6 is 15.9 Å². The van der Waals surface area contributed by atoms with Gasteiger partial charge in [-0.2, -0.15) is 0 Å². The fourth-order valence-corrected chi connectivity index (χ4v) is 4.26. The van der Waals surface area contributed by atoms with Crippen LogP contribution in [0.3, 0.4) is 0 Å². The van der Waals surface area contributed by atoms with Crippen molar-refractivity contribution in [2.24, 2.45) is 0 Å². The number of hydrogen-bond donors (Lipinski definition) is 1. The first kappa shape index (κ1) is 28.2. The summed E-state index contributed by atoms with van der Waals surface area (Å²) in [5.41, 5.74) is 0.153. The first-order valence-electron chi connectivity index (χ1n) is 11.6. The number of carbonyl (C=O) groups is 4. The maximum Gasteiger partial charge on any atom is 0.343 e. The number of ether oxygens (including phenoxy) is 5. The first-order valence-corrected chi connectivity index (χ1v) is 12.4. The van der Waals surface area contributed by atoms with E-state index in [0.717, 1.165) is 4.90 Å². The fraction of sp³-hybridized carbons (Fsp3) is 0.143. The Balaban J connectivity index is 1.71. The third-order valence-electron chi connectivity index (χ3n) is 5.79. The SMILES string of the molecule is COc1cccc(N2C(=O)NC(=O)/C(=C/c3cc(Br)ccc3OC(=O)c3cc(OC)c(OC)c(OC)c3)C2=O)c1. The molecule has 206 valence electrons. The molecule has 1 aliphatic heterocycles. The van der Waals surface area contributed by atoms with Gasteiger partial charge in [0.05, 0.1) is 39.7 Å². The van der Waals surface area contributed by atoms with E-state index in [4.69, 9.17) is 23.7 Å². The number of barbiturate groups is 1. The Hall–Kier alpha value is -4.84. The molecular formula is C28H23BrN2O9. The predicted octanol–water partition coefficient (Wildman–Crippen LogP) is 4.37. The zero-order chi connectivity index (χ0) is 29.0. The number of carbonyl (C=O) groups excluding carboxylic acids is 4. The molecular weight excluding hydrogens is 588 g/mol. The second kappa shape index (κ2) is 11.9. The van der Waals surface area contributed by atoms with E-state index in [-0.39, 0.29) is 39.6 Å². The van der Waals surface area contributed by atoms with Gasteiger partial charge in [0.15, 0.2) is 11.5 Å².